The summed E-state index contributed by atoms with van der Waals surface area (Å²) in [5, 5.41) is 5.31. The molecule has 2 rings (SSSR count). The Morgan fingerprint density at radius 1 is 1.43 bits per heavy atom. The zero-order valence-electron chi connectivity index (χ0n) is 11.5. The number of para-hydroxylation sites is 1. The van der Waals surface area contributed by atoms with E-state index in [0.717, 1.165) is 6.07 Å². The number of alkyl halides is 3. The molecule has 1 aromatic rings. The highest BCUT2D eigenvalue weighted by molar-refractivity contribution is 5.88. The third-order valence-electron chi connectivity index (χ3n) is 3.22. The maximum absolute atomic E-state index is 13.1. The molecule has 0 radical (unpaired) electrons. The number of amides is 1. The van der Waals surface area contributed by atoms with E-state index in [1.807, 2.05) is 6.92 Å². The first-order chi connectivity index (χ1) is 9.86. The van der Waals surface area contributed by atoms with Gasteiger partial charge >= 0.3 is 12.3 Å². The van der Waals surface area contributed by atoms with Crippen molar-refractivity contribution >= 4 is 17.5 Å². The Labute approximate surface area is 120 Å². The van der Waals surface area contributed by atoms with Crippen LogP contribution < -0.4 is 10.6 Å². The van der Waals surface area contributed by atoms with E-state index in [9.17, 15) is 18.0 Å². The van der Waals surface area contributed by atoms with Gasteiger partial charge in [0, 0.05) is 11.6 Å². The molecule has 4 nitrogen and oxygen atoms in total. The Balaban J connectivity index is 2.51. The Morgan fingerprint density at radius 2 is 2.14 bits per heavy atom. The molecule has 2 N–H and O–H groups in total. The van der Waals surface area contributed by atoms with Gasteiger partial charge in [0.15, 0.2) is 0 Å². The SMILES string of the molecule is CC[C@@H]1C=C(NC(=O)OC)c2cccc(C(F)(F)F)c2N1. The van der Waals surface area contributed by atoms with Crippen LogP contribution in [0.25, 0.3) is 5.70 Å². The number of methoxy groups -OCH3 is 1. The normalized spacial score (nSPS) is 17.4. The second-order valence-electron chi connectivity index (χ2n) is 4.58. The lowest BCUT2D eigenvalue weighted by atomic mass is 9.97. The summed E-state index contributed by atoms with van der Waals surface area (Å²) in [5.41, 5.74) is -0.171. The van der Waals surface area contributed by atoms with E-state index in [2.05, 4.69) is 15.4 Å². The van der Waals surface area contributed by atoms with Crippen molar-refractivity contribution in [2.75, 3.05) is 12.4 Å². The highest BCUT2D eigenvalue weighted by Crippen LogP contribution is 2.40. The average molecular weight is 300 g/mol. The standard InChI is InChI=1S/C14H15F3N2O2/c1-3-8-7-11(19-13(20)21-2)9-5-4-6-10(12(9)18-8)14(15,16)17/h4-8,18H,3H2,1-2H3,(H,19,20)/t8-/m1/s1. The number of hydrogen-bond donors (Lipinski definition) is 2. The summed E-state index contributed by atoms with van der Waals surface area (Å²) in [5.74, 6) is 0. The number of hydrogen-bond acceptors (Lipinski definition) is 3. The van der Waals surface area contributed by atoms with Crippen molar-refractivity contribution in [3.8, 4) is 0 Å². The number of rotatable bonds is 2. The first-order valence-electron chi connectivity index (χ1n) is 6.40. The van der Waals surface area contributed by atoms with Crippen LogP contribution >= 0.6 is 0 Å². The van der Waals surface area contributed by atoms with Gasteiger partial charge in [-0.3, -0.25) is 5.32 Å². The first-order valence-corrected chi connectivity index (χ1v) is 6.40. The van der Waals surface area contributed by atoms with Crippen LogP contribution in [0.4, 0.5) is 23.7 Å². The van der Waals surface area contributed by atoms with Crippen LogP contribution in [0.5, 0.6) is 0 Å². The predicted octanol–water partition coefficient (Wildman–Crippen LogP) is 3.61. The summed E-state index contributed by atoms with van der Waals surface area (Å²) < 4.78 is 43.8. The van der Waals surface area contributed by atoms with Crippen LogP contribution in [-0.4, -0.2) is 19.2 Å². The van der Waals surface area contributed by atoms with Gasteiger partial charge < -0.3 is 10.1 Å². The Kier molecular flexibility index (Phi) is 4.11. The fraction of sp³-hybridized carbons (Fsp3) is 0.357. The van der Waals surface area contributed by atoms with E-state index in [1.54, 1.807) is 6.08 Å². The molecule has 0 unspecified atom stereocenters. The van der Waals surface area contributed by atoms with Crippen LogP contribution in [0, 0.1) is 0 Å². The number of fused-ring (bicyclic) bond motifs is 1. The monoisotopic (exact) mass is 300 g/mol. The molecule has 1 heterocycles. The van der Waals surface area contributed by atoms with Crippen molar-refractivity contribution in [2.45, 2.75) is 25.6 Å². The number of carbonyl (C=O) groups is 1. The molecule has 0 fully saturated rings. The molecule has 1 aliphatic rings. The van der Waals surface area contributed by atoms with E-state index in [0.29, 0.717) is 17.7 Å². The second kappa shape index (κ2) is 5.67. The van der Waals surface area contributed by atoms with Crippen molar-refractivity contribution in [1.82, 2.24) is 5.32 Å². The Bertz CT molecular complexity index is 582. The van der Waals surface area contributed by atoms with Crippen LogP contribution in [0.15, 0.2) is 24.3 Å². The molecule has 7 heteroatoms. The van der Waals surface area contributed by atoms with Crippen molar-refractivity contribution in [2.24, 2.45) is 0 Å². The zero-order valence-corrected chi connectivity index (χ0v) is 11.5. The van der Waals surface area contributed by atoms with Gasteiger partial charge in [0.2, 0.25) is 0 Å². The third-order valence-corrected chi connectivity index (χ3v) is 3.22. The molecule has 114 valence electrons. The molecule has 1 amide bonds. The number of halogens is 3. The van der Waals surface area contributed by atoms with E-state index in [-0.39, 0.29) is 11.7 Å². The highest BCUT2D eigenvalue weighted by Gasteiger charge is 2.36. The van der Waals surface area contributed by atoms with Crippen molar-refractivity contribution in [1.29, 1.82) is 0 Å². The number of nitrogens with one attached hydrogen (secondary N) is 2. The number of alkyl carbamates (subject to hydrolysis) is 1. The summed E-state index contributed by atoms with van der Waals surface area (Å²) in [6.07, 6.45) is -2.93. The smallest absolute Gasteiger partial charge is 0.418 e. The molecule has 0 bridgehead atoms. The summed E-state index contributed by atoms with van der Waals surface area (Å²) in [7, 11) is 1.20. The van der Waals surface area contributed by atoms with Gasteiger partial charge in [0.25, 0.3) is 0 Å². The first kappa shape index (κ1) is 15.2. The minimum absolute atomic E-state index is 0.0225. The average Bonchev–Trinajstić information content (AvgIpc) is 2.45. The third kappa shape index (κ3) is 3.12. The Morgan fingerprint density at radius 3 is 2.71 bits per heavy atom. The highest BCUT2D eigenvalue weighted by atomic mass is 19.4. The van der Waals surface area contributed by atoms with Gasteiger partial charge in [-0.1, -0.05) is 19.1 Å². The fourth-order valence-electron chi connectivity index (χ4n) is 2.18. The number of ether oxygens (including phenoxy) is 1. The fourth-order valence-corrected chi connectivity index (χ4v) is 2.18. The maximum Gasteiger partial charge on any atom is 0.418 e. The van der Waals surface area contributed by atoms with Crippen LogP contribution in [0.3, 0.4) is 0 Å². The van der Waals surface area contributed by atoms with Gasteiger partial charge in [-0.2, -0.15) is 13.2 Å². The van der Waals surface area contributed by atoms with E-state index in [4.69, 9.17) is 0 Å². The van der Waals surface area contributed by atoms with Crippen LogP contribution in [0.2, 0.25) is 0 Å². The minimum Gasteiger partial charge on any atom is -0.453 e. The molecule has 21 heavy (non-hydrogen) atoms. The van der Waals surface area contributed by atoms with E-state index in [1.165, 1.54) is 19.2 Å². The van der Waals surface area contributed by atoms with Gasteiger partial charge in [-0.25, -0.2) is 4.79 Å². The molecular weight excluding hydrogens is 285 g/mol. The topological polar surface area (TPSA) is 50.4 Å². The lowest BCUT2D eigenvalue weighted by molar-refractivity contribution is -0.137. The molecule has 1 atom stereocenters. The number of anilines is 1. The second-order valence-corrected chi connectivity index (χ2v) is 4.58. The summed E-state index contributed by atoms with van der Waals surface area (Å²) >= 11 is 0. The van der Waals surface area contributed by atoms with Gasteiger partial charge in [-0.15, -0.1) is 0 Å². The van der Waals surface area contributed by atoms with Crippen molar-refractivity contribution in [3.05, 3.63) is 35.4 Å². The van der Waals surface area contributed by atoms with Gasteiger partial charge in [0.05, 0.1) is 24.1 Å². The molecular formula is C14H15F3N2O2. The van der Waals surface area contributed by atoms with Gasteiger partial charge in [-0.05, 0) is 18.6 Å². The summed E-state index contributed by atoms with van der Waals surface area (Å²) in [6.45, 7) is 1.84. The minimum atomic E-state index is -4.47. The molecule has 0 spiro atoms. The predicted molar refractivity (Wildman–Crippen MR) is 72.7 cm³/mol. The number of benzene rings is 1. The summed E-state index contributed by atoms with van der Waals surface area (Å²) in [4.78, 5) is 11.3. The summed E-state index contributed by atoms with van der Waals surface area (Å²) in [6, 6.07) is 3.54. The van der Waals surface area contributed by atoms with E-state index >= 15 is 0 Å². The van der Waals surface area contributed by atoms with Crippen LogP contribution in [0.1, 0.15) is 24.5 Å². The molecule has 0 aliphatic carbocycles. The van der Waals surface area contributed by atoms with Crippen molar-refractivity contribution < 1.29 is 22.7 Å². The molecule has 0 saturated heterocycles. The van der Waals surface area contributed by atoms with E-state index < -0.39 is 17.8 Å². The van der Waals surface area contributed by atoms with Crippen LogP contribution in [-0.2, 0) is 10.9 Å². The molecule has 0 saturated carbocycles. The lowest BCUT2D eigenvalue weighted by Gasteiger charge is -2.28. The number of carbonyl (C=O) groups excluding carboxylic acids is 1. The van der Waals surface area contributed by atoms with Gasteiger partial charge in [0.1, 0.15) is 0 Å². The quantitative estimate of drug-likeness (QED) is 0.877. The largest absolute Gasteiger partial charge is 0.453 e. The molecule has 1 aliphatic heterocycles. The lowest BCUT2D eigenvalue weighted by Crippen LogP contribution is -2.30. The Hall–Kier alpha value is -2.18. The maximum atomic E-state index is 13.1. The molecule has 1 aromatic carbocycles. The van der Waals surface area contributed by atoms with Crippen molar-refractivity contribution in [3.63, 3.8) is 0 Å². The molecule has 0 aromatic heterocycles. The zero-order chi connectivity index (χ0) is 15.6.